The molecule has 0 aliphatic carbocycles. The second-order valence-electron chi connectivity index (χ2n) is 6.41. The minimum Gasteiger partial charge on any atom is -0.266 e. The van der Waals surface area contributed by atoms with Crippen LogP contribution < -0.4 is 5.56 Å². The standard InChI is InChI=1S/C22H18F3N3O.C2H4/c1-4-14(2)27-20(15(3)16-7-9-18(10-8-16)22(23,24)25)28-13-11-17-6-5-12-26-19(17)21(28)29;1-2/h4-13H,1H2,2-3H3;1-2H2/b20-15-,27-14+;. The molecule has 0 aliphatic rings. The summed E-state index contributed by atoms with van der Waals surface area (Å²) in [5.41, 5.74) is 0.774. The van der Waals surface area contributed by atoms with Gasteiger partial charge in [0.25, 0.3) is 5.56 Å². The van der Waals surface area contributed by atoms with Gasteiger partial charge in [0.1, 0.15) is 11.3 Å². The molecule has 7 heteroatoms. The average Bonchev–Trinajstić information content (AvgIpc) is 2.78. The largest absolute Gasteiger partial charge is 0.416 e. The number of benzene rings is 1. The number of hydrogen-bond donors (Lipinski definition) is 0. The van der Waals surface area contributed by atoms with Crippen molar-refractivity contribution >= 4 is 28.0 Å². The first-order valence-corrected chi connectivity index (χ1v) is 9.25. The summed E-state index contributed by atoms with van der Waals surface area (Å²) in [6.07, 6.45) is 0.218. The number of allylic oxidation sites excluding steroid dienone is 2. The number of aromatic nitrogens is 2. The highest BCUT2D eigenvalue weighted by Gasteiger charge is 2.30. The summed E-state index contributed by atoms with van der Waals surface area (Å²) >= 11 is 0. The Morgan fingerprint density at radius 3 is 2.32 bits per heavy atom. The topological polar surface area (TPSA) is 47.2 Å². The number of hydrogen-bond acceptors (Lipinski definition) is 3. The van der Waals surface area contributed by atoms with Gasteiger partial charge in [0, 0.05) is 23.5 Å². The van der Waals surface area contributed by atoms with E-state index < -0.39 is 11.7 Å². The molecular formula is C24H22F3N3O. The third-order valence-electron chi connectivity index (χ3n) is 4.45. The fourth-order valence-corrected chi connectivity index (χ4v) is 2.80. The number of rotatable bonds is 4. The van der Waals surface area contributed by atoms with E-state index >= 15 is 0 Å². The van der Waals surface area contributed by atoms with Gasteiger partial charge in [0.15, 0.2) is 0 Å². The molecule has 31 heavy (non-hydrogen) atoms. The van der Waals surface area contributed by atoms with Gasteiger partial charge in [-0.2, -0.15) is 13.2 Å². The molecule has 0 bridgehead atoms. The molecule has 0 atom stereocenters. The average molecular weight is 425 g/mol. The van der Waals surface area contributed by atoms with Gasteiger partial charge >= 0.3 is 6.18 Å². The maximum absolute atomic E-state index is 13.0. The molecule has 160 valence electrons. The zero-order valence-electron chi connectivity index (χ0n) is 17.3. The predicted molar refractivity (Wildman–Crippen MR) is 121 cm³/mol. The summed E-state index contributed by atoms with van der Waals surface area (Å²) < 4.78 is 39.9. The van der Waals surface area contributed by atoms with Gasteiger partial charge < -0.3 is 0 Å². The maximum Gasteiger partial charge on any atom is 0.416 e. The van der Waals surface area contributed by atoms with Crippen molar-refractivity contribution in [1.29, 1.82) is 0 Å². The molecule has 0 saturated heterocycles. The summed E-state index contributed by atoms with van der Waals surface area (Å²) in [4.78, 5) is 21.6. The van der Waals surface area contributed by atoms with Crippen molar-refractivity contribution in [3.8, 4) is 0 Å². The van der Waals surface area contributed by atoms with Crippen LogP contribution in [-0.4, -0.2) is 15.3 Å². The second kappa shape index (κ2) is 9.84. The molecular weight excluding hydrogens is 403 g/mol. The van der Waals surface area contributed by atoms with Crippen LogP contribution in [-0.2, 0) is 6.18 Å². The molecule has 0 radical (unpaired) electrons. The Bertz CT molecular complexity index is 1200. The van der Waals surface area contributed by atoms with Crippen LogP contribution in [0.5, 0.6) is 0 Å². The zero-order chi connectivity index (χ0) is 23.2. The van der Waals surface area contributed by atoms with Gasteiger partial charge in [0.2, 0.25) is 0 Å². The highest BCUT2D eigenvalue weighted by atomic mass is 19.4. The second-order valence-corrected chi connectivity index (χ2v) is 6.41. The van der Waals surface area contributed by atoms with E-state index in [9.17, 15) is 18.0 Å². The highest BCUT2D eigenvalue weighted by molar-refractivity contribution is 5.97. The SMILES string of the molecule is C=C.C=C/C(C)=N/C(=C(\C)c1ccc(C(F)(F)F)cc1)n1ccc2cccnc2c1=O. The summed E-state index contributed by atoms with van der Waals surface area (Å²) in [7, 11) is 0. The fourth-order valence-electron chi connectivity index (χ4n) is 2.80. The third kappa shape index (κ3) is 5.25. The summed E-state index contributed by atoms with van der Waals surface area (Å²) in [6, 6.07) is 9.98. The highest BCUT2D eigenvalue weighted by Crippen LogP contribution is 2.31. The van der Waals surface area contributed by atoms with E-state index in [1.54, 1.807) is 38.2 Å². The first kappa shape index (κ1) is 23.5. The number of pyridine rings is 2. The lowest BCUT2D eigenvalue weighted by molar-refractivity contribution is -0.137. The quantitative estimate of drug-likeness (QED) is 0.369. The number of nitrogens with zero attached hydrogens (tertiary/aromatic N) is 3. The molecule has 0 spiro atoms. The molecule has 0 unspecified atom stereocenters. The first-order valence-electron chi connectivity index (χ1n) is 9.25. The van der Waals surface area contributed by atoms with Crippen molar-refractivity contribution in [3.63, 3.8) is 0 Å². The van der Waals surface area contributed by atoms with Crippen LogP contribution in [0.2, 0.25) is 0 Å². The van der Waals surface area contributed by atoms with Crippen molar-refractivity contribution in [2.24, 2.45) is 4.99 Å². The van der Waals surface area contributed by atoms with Crippen molar-refractivity contribution in [1.82, 2.24) is 9.55 Å². The van der Waals surface area contributed by atoms with Crippen molar-refractivity contribution in [2.45, 2.75) is 20.0 Å². The minimum absolute atomic E-state index is 0.277. The Morgan fingerprint density at radius 2 is 1.74 bits per heavy atom. The Hall–Kier alpha value is -3.74. The monoisotopic (exact) mass is 425 g/mol. The van der Waals surface area contributed by atoms with Gasteiger partial charge in [-0.1, -0.05) is 24.8 Å². The maximum atomic E-state index is 13.0. The molecule has 0 aliphatic heterocycles. The lowest BCUT2D eigenvalue weighted by Gasteiger charge is -2.13. The molecule has 0 saturated carbocycles. The minimum atomic E-state index is -4.42. The lowest BCUT2D eigenvalue weighted by Crippen LogP contribution is -2.20. The Balaban J connectivity index is 0.00000166. The molecule has 0 fully saturated rings. The summed E-state index contributed by atoms with van der Waals surface area (Å²) in [6.45, 7) is 13.1. The number of halogens is 3. The molecule has 2 heterocycles. The van der Waals surface area contributed by atoms with E-state index in [1.807, 2.05) is 0 Å². The smallest absolute Gasteiger partial charge is 0.266 e. The van der Waals surface area contributed by atoms with Crippen LogP contribution in [0.15, 0.2) is 90.5 Å². The first-order chi connectivity index (χ1) is 14.7. The van der Waals surface area contributed by atoms with Crippen LogP contribution in [0.3, 0.4) is 0 Å². The van der Waals surface area contributed by atoms with E-state index in [1.165, 1.54) is 29.0 Å². The van der Waals surface area contributed by atoms with Gasteiger partial charge in [0.05, 0.1) is 5.56 Å². The van der Waals surface area contributed by atoms with Crippen LogP contribution in [0, 0.1) is 0 Å². The van der Waals surface area contributed by atoms with Crippen LogP contribution in [0.1, 0.15) is 25.0 Å². The summed E-state index contributed by atoms with van der Waals surface area (Å²) in [5.74, 6) is 0.291. The molecule has 0 amide bonds. The van der Waals surface area contributed by atoms with Crippen LogP contribution in [0.4, 0.5) is 13.2 Å². The molecule has 1 aromatic carbocycles. The predicted octanol–water partition coefficient (Wildman–Crippen LogP) is 6.21. The molecule has 3 aromatic rings. The lowest BCUT2D eigenvalue weighted by atomic mass is 10.0. The van der Waals surface area contributed by atoms with Crippen LogP contribution in [0.25, 0.3) is 22.3 Å². The van der Waals surface area contributed by atoms with E-state index in [4.69, 9.17) is 0 Å². The summed E-state index contributed by atoms with van der Waals surface area (Å²) in [5, 5.41) is 0.685. The number of fused-ring (bicyclic) bond motifs is 1. The van der Waals surface area contributed by atoms with Gasteiger partial charge in [-0.3, -0.25) is 14.3 Å². The number of alkyl halides is 3. The van der Waals surface area contributed by atoms with Crippen molar-refractivity contribution in [3.05, 3.63) is 102 Å². The van der Waals surface area contributed by atoms with Gasteiger partial charge in [-0.05, 0) is 55.3 Å². The molecule has 2 aromatic heterocycles. The third-order valence-corrected chi connectivity index (χ3v) is 4.45. The van der Waals surface area contributed by atoms with E-state index in [-0.39, 0.29) is 11.1 Å². The Morgan fingerprint density at radius 1 is 1.10 bits per heavy atom. The van der Waals surface area contributed by atoms with Crippen molar-refractivity contribution in [2.75, 3.05) is 0 Å². The Kier molecular flexibility index (Phi) is 7.47. The number of aliphatic imine (C=N–C) groups is 1. The normalized spacial score (nSPS) is 12.6. The van der Waals surface area contributed by atoms with Gasteiger partial charge in [-0.15, -0.1) is 13.2 Å². The zero-order valence-corrected chi connectivity index (χ0v) is 17.3. The molecule has 4 nitrogen and oxygen atoms in total. The Labute approximate surface area is 178 Å². The molecule has 0 N–H and O–H groups in total. The van der Waals surface area contributed by atoms with Crippen molar-refractivity contribution < 1.29 is 13.2 Å². The molecule has 3 rings (SSSR count). The van der Waals surface area contributed by atoms with Crippen LogP contribution >= 0.6 is 0 Å². The fraction of sp³-hybridized carbons (Fsp3) is 0.125. The van der Waals surface area contributed by atoms with E-state index in [0.717, 1.165) is 12.1 Å². The van der Waals surface area contributed by atoms with E-state index in [0.29, 0.717) is 28.1 Å². The van der Waals surface area contributed by atoms with Gasteiger partial charge in [-0.25, -0.2) is 4.99 Å². The van der Waals surface area contributed by atoms with E-state index in [2.05, 4.69) is 29.7 Å².